The van der Waals surface area contributed by atoms with Gasteiger partial charge in [-0.1, -0.05) is 0 Å². The summed E-state index contributed by atoms with van der Waals surface area (Å²) < 4.78 is 141. The van der Waals surface area contributed by atoms with Gasteiger partial charge in [-0.25, -0.2) is 4.74 Å². The molecule has 1 aliphatic rings. The van der Waals surface area contributed by atoms with Crippen molar-refractivity contribution in [2.24, 2.45) is 0 Å². The van der Waals surface area contributed by atoms with Gasteiger partial charge in [0, 0.05) is 0 Å². The van der Waals surface area contributed by atoms with Crippen molar-refractivity contribution in [1.29, 1.82) is 0 Å². The Morgan fingerprint density at radius 2 is 1.20 bits per heavy atom. The minimum absolute atomic E-state index is 0.771. The average Bonchev–Trinajstić information content (AvgIpc) is 2.63. The predicted octanol–water partition coefficient (Wildman–Crippen LogP) is 4.10. The lowest BCUT2D eigenvalue weighted by molar-refractivity contribution is -0.466. The molecule has 1 atom stereocenters. The van der Waals surface area contributed by atoms with Gasteiger partial charge in [-0.05, 0) is 15.9 Å². The fourth-order valence-corrected chi connectivity index (χ4v) is 1.07. The lowest BCUT2D eigenvalue weighted by atomic mass is 10.3. The van der Waals surface area contributed by atoms with Gasteiger partial charge in [0.25, 0.3) is 0 Å². The molecule has 1 heterocycles. The van der Waals surface area contributed by atoms with Gasteiger partial charge in [-0.3, -0.25) is 4.74 Å². The molecule has 0 amide bonds. The molecule has 1 rings (SSSR count). The molecule has 0 aromatic carbocycles. The van der Waals surface area contributed by atoms with Gasteiger partial charge in [0.05, 0.1) is 0 Å². The molecule has 20 heavy (non-hydrogen) atoms. The number of epoxide rings is 1. The molecule has 0 aromatic heterocycles. The Bertz CT molecular complexity index is 404. The van der Waals surface area contributed by atoms with Crippen LogP contribution in [-0.2, 0) is 9.47 Å². The molecule has 0 aliphatic carbocycles. The van der Waals surface area contributed by atoms with E-state index >= 15 is 0 Å². The first-order chi connectivity index (χ1) is 8.41. The maximum absolute atomic E-state index is 12.6. The molecular formula is C6BrF11O2. The Kier molecular flexibility index (Phi) is 3.62. The molecule has 1 aliphatic heterocycles. The summed E-state index contributed by atoms with van der Waals surface area (Å²) >= 11 is 0.771. The van der Waals surface area contributed by atoms with E-state index in [1.807, 2.05) is 4.74 Å². The highest BCUT2D eigenvalue weighted by Crippen LogP contribution is 2.62. The molecule has 0 bridgehead atoms. The Morgan fingerprint density at radius 1 is 0.850 bits per heavy atom. The summed E-state index contributed by atoms with van der Waals surface area (Å²) in [6, 6.07) is 0. The number of halogens is 12. The van der Waals surface area contributed by atoms with Gasteiger partial charge >= 0.3 is 34.9 Å². The van der Waals surface area contributed by atoms with Crippen molar-refractivity contribution in [2.45, 2.75) is 34.9 Å². The maximum atomic E-state index is 12.6. The van der Waals surface area contributed by atoms with Crippen molar-refractivity contribution in [3.63, 3.8) is 0 Å². The largest absolute Gasteiger partial charge is 0.431 e. The van der Waals surface area contributed by atoms with E-state index < -0.39 is 34.9 Å². The molecule has 0 N–H and O–H groups in total. The summed E-state index contributed by atoms with van der Waals surface area (Å²) in [6.45, 7) is 0. The standard InChI is InChI=1S/C6BrF11O2/c7-3(11,12)1(8,9)4(13,14)20-6(17,18)2(10)5(15,16)19-2. The molecule has 1 saturated heterocycles. The minimum atomic E-state index is -6.70. The van der Waals surface area contributed by atoms with E-state index in [1.54, 1.807) is 0 Å². The third-order valence-electron chi connectivity index (χ3n) is 1.95. The van der Waals surface area contributed by atoms with Crippen molar-refractivity contribution in [3.8, 4) is 0 Å². The van der Waals surface area contributed by atoms with Crippen molar-refractivity contribution in [2.75, 3.05) is 0 Å². The summed E-state index contributed by atoms with van der Waals surface area (Å²) in [5.41, 5.74) is 0. The fraction of sp³-hybridized carbons (Fsp3) is 1.00. The second-order valence-corrected chi connectivity index (χ2v) is 4.42. The maximum Gasteiger partial charge on any atom is 0.431 e. The molecule has 1 unspecified atom stereocenters. The topological polar surface area (TPSA) is 21.8 Å². The lowest BCUT2D eigenvalue weighted by Crippen LogP contribution is -2.57. The van der Waals surface area contributed by atoms with E-state index in [2.05, 4.69) is 4.74 Å². The molecule has 14 heteroatoms. The van der Waals surface area contributed by atoms with Crippen LogP contribution in [0.25, 0.3) is 0 Å². The Hall–Kier alpha value is -0.370. The van der Waals surface area contributed by atoms with Crippen LogP contribution in [0.15, 0.2) is 0 Å². The number of ether oxygens (including phenoxy) is 2. The highest BCUT2D eigenvalue weighted by molar-refractivity contribution is 9.10. The normalized spacial score (nSPS) is 27.6. The van der Waals surface area contributed by atoms with Crippen LogP contribution in [0, 0.1) is 0 Å². The van der Waals surface area contributed by atoms with Crippen LogP contribution in [0.3, 0.4) is 0 Å². The second kappa shape index (κ2) is 4.09. The summed E-state index contributed by atoms with van der Waals surface area (Å²) in [6.07, 6.45) is -18.3. The lowest BCUT2D eigenvalue weighted by Gasteiger charge is -2.31. The quantitative estimate of drug-likeness (QED) is 0.399. The molecule has 0 aromatic rings. The van der Waals surface area contributed by atoms with Crippen LogP contribution in [-0.4, -0.2) is 34.9 Å². The van der Waals surface area contributed by atoms with Crippen LogP contribution >= 0.6 is 15.9 Å². The van der Waals surface area contributed by atoms with Crippen molar-refractivity contribution >= 4 is 15.9 Å². The number of hydrogen-bond donors (Lipinski definition) is 0. The van der Waals surface area contributed by atoms with Crippen molar-refractivity contribution in [3.05, 3.63) is 0 Å². The van der Waals surface area contributed by atoms with Gasteiger partial charge < -0.3 is 0 Å². The van der Waals surface area contributed by atoms with E-state index in [4.69, 9.17) is 0 Å². The van der Waals surface area contributed by atoms with Gasteiger partial charge in [0.2, 0.25) is 0 Å². The molecule has 0 radical (unpaired) electrons. The van der Waals surface area contributed by atoms with Crippen molar-refractivity contribution in [1.82, 2.24) is 0 Å². The zero-order valence-corrected chi connectivity index (χ0v) is 9.94. The van der Waals surface area contributed by atoms with Crippen LogP contribution in [0.5, 0.6) is 0 Å². The number of hydrogen-bond acceptors (Lipinski definition) is 2. The van der Waals surface area contributed by atoms with Crippen molar-refractivity contribution < 1.29 is 57.8 Å². The van der Waals surface area contributed by atoms with E-state index in [0.29, 0.717) is 0 Å². The predicted molar refractivity (Wildman–Crippen MR) is 39.7 cm³/mol. The minimum Gasteiger partial charge on any atom is -0.263 e. The van der Waals surface area contributed by atoms with Gasteiger partial charge in [0.1, 0.15) is 0 Å². The molecule has 0 saturated carbocycles. The first-order valence-corrected chi connectivity index (χ1v) is 4.88. The first kappa shape index (κ1) is 17.7. The smallest absolute Gasteiger partial charge is 0.263 e. The monoisotopic (exact) mass is 392 g/mol. The Balaban J connectivity index is 3.03. The third-order valence-corrected chi connectivity index (χ3v) is 2.45. The number of alkyl halides is 12. The van der Waals surface area contributed by atoms with E-state index in [-0.39, 0.29) is 0 Å². The molecule has 120 valence electrons. The van der Waals surface area contributed by atoms with E-state index in [9.17, 15) is 48.3 Å². The SMILES string of the molecule is FC(F)(Br)C(F)(F)C(F)(F)OC(F)(F)C1(F)OC1(F)F. The zero-order chi connectivity index (χ0) is 16.4. The summed E-state index contributed by atoms with van der Waals surface area (Å²) in [4.78, 5) is -5.75. The van der Waals surface area contributed by atoms with E-state index in [0.717, 1.165) is 15.9 Å². The van der Waals surface area contributed by atoms with Gasteiger partial charge in [0.15, 0.2) is 0 Å². The Morgan fingerprint density at radius 3 is 1.45 bits per heavy atom. The highest BCUT2D eigenvalue weighted by atomic mass is 79.9. The van der Waals surface area contributed by atoms with E-state index in [1.165, 1.54) is 0 Å². The summed E-state index contributed by atoms with van der Waals surface area (Å²) in [5, 5.41) is 0. The van der Waals surface area contributed by atoms with Crippen LogP contribution in [0.4, 0.5) is 48.3 Å². The fourth-order valence-electron chi connectivity index (χ4n) is 0.836. The summed E-state index contributed by atoms with van der Waals surface area (Å²) in [5.74, 6) is -12.1. The highest BCUT2D eigenvalue weighted by Gasteiger charge is 2.92. The second-order valence-electron chi connectivity index (χ2n) is 3.42. The first-order valence-electron chi connectivity index (χ1n) is 4.08. The van der Waals surface area contributed by atoms with Crippen LogP contribution in [0.1, 0.15) is 0 Å². The molecule has 2 nitrogen and oxygen atoms in total. The summed E-state index contributed by atoms with van der Waals surface area (Å²) in [7, 11) is 0. The van der Waals surface area contributed by atoms with Gasteiger partial charge in [-0.2, -0.15) is 48.3 Å². The Labute approximate surface area is 109 Å². The third kappa shape index (κ3) is 2.34. The molecule has 0 spiro atoms. The molecule has 1 fully saturated rings. The van der Waals surface area contributed by atoms with Crippen LogP contribution < -0.4 is 0 Å². The van der Waals surface area contributed by atoms with Crippen LogP contribution in [0.2, 0.25) is 0 Å². The van der Waals surface area contributed by atoms with Gasteiger partial charge in [-0.15, -0.1) is 0 Å². The molecular weight excluding hydrogens is 393 g/mol. The zero-order valence-electron chi connectivity index (χ0n) is 8.35. The average molecular weight is 393 g/mol. The number of rotatable bonds is 5.